The fourth-order valence-electron chi connectivity index (χ4n) is 4.96. The summed E-state index contributed by atoms with van der Waals surface area (Å²) >= 11 is 0. The highest BCUT2D eigenvalue weighted by molar-refractivity contribution is 6.03. The van der Waals surface area contributed by atoms with Crippen molar-refractivity contribution >= 4 is 17.4 Å². The Kier molecular flexibility index (Phi) is 8.53. The second kappa shape index (κ2) is 11.8. The molecule has 2 aromatic heterocycles. The number of hydrogen-bond donors (Lipinski definition) is 2. The van der Waals surface area contributed by atoms with Gasteiger partial charge >= 0.3 is 0 Å². The van der Waals surface area contributed by atoms with Gasteiger partial charge in [0.2, 0.25) is 0 Å². The van der Waals surface area contributed by atoms with E-state index in [2.05, 4.69) is 15.3 Å². The van der Waals surface area contributed by atoms with E-state index >= 15 is 0 Å². The molecule has 0 bridgehead atoms. The average Bonchev–Trinajstić information content (AvgIpc) is 2.86. The highest BCUT2D eigenvalue weighted by atomic mass is 19.1. The second-order valence-electron chi connectivity index (χ2n) is 9.64. The number of nitrogens with two attached hydrogens (primary N) is 1. The Bertz CT molecular complexity index is 1300. The summed E-state index contributed by atoms with van der Waals surface area (Å²) in [6, 6.07) is 6.75. The van der Waals surface area contributed by atoms with Crippen LogP contribution in [0, 0.1) is 23.4 Å². The van der Waals surface area contributed by atoms with Gasteiger partial charge in [0.15, 0.2) is 0 Å². The summed E-state index contributed by atoms with van der Waals surface area (Å²) in [4.78, 5) is 32.4. The summed E-state index contributed by atoms with van der Waals surface area (Å²) in [5, 5.41) is 2.76. The number of Topliss-reactive ketones (excluding diaryl/α,β-unsaturated/α-hetero) is 1. The average molecular weight is 527 g/mol. The van der Waals surface area contributed by atoms with Crippen LogP contribution in [0.4, 0.5) is 18.9 Å². The van der Waals surface area contributed by atoms with Crippen molar-refractivity contribution in [2.75, 3.05) is 11.9 Å². The Morgan fingerprint density at radius 1 is 1.08 bits per heavy atom. The molecular formula is C28H29F3N4O3. The van der Waals surface area contributed by atoms with Crippen LogP contribution in [0.15, 0.2) is 48.8 Å². The summed E-state index contributed by atoms with van der Waals surface area (Å²) in [6.45, 7) is 3.88. The molecule has 0 aliphatic heterocycles. The molecule has 1 aliphatic carbocycles. The number of hydrogen-bond acceptors (Lipinski definition) is 6. The Morgan fingerprint density at radius 2 is 1.82 bits per heavy atom. The van der Waals surface area contributed by atoms with Crippen LogP contribution in [0.5, 0.6) is 0 Å². The lowest BCUT2D eigenvalue weighted by atomic mass is 9.74. The minimum absolute atomic E-state index is 0.00444. The molecule has 4 rings (SSSR count). The first-order chi connectivity index (χ1) is 18.2. The topological polar surface area (TPSA) is 107 Å². The third-order valence-electron chi connectivity index (χ3n) is 6.78. The van der Waals surface area contributed by atoms with E-state index in [0.29, 0.717) is 25.1 Å². The van der Waals surface area contributed by atoms with Crippen LogP contribution in [0.2, 0.25) is 0 Å². The molecule has 3 aromatic rings. The number of benzene rings is 1. The van der Waals surface area contributed by atoms with E-state index in [9.17, 15) is 22.8 Å². The molecule has 0 radical (unpaired) electrons. The summed E-state index contributed by atoms with van der Waals surface area (Å²) in [5.74, 6) is -3.48. The molecule has 38 heavy (non-hydrogen) atoms. The lowest BCUT2D eigenvalue weighted by molar-refractivity contribution is -0.119. The third-order valence-corrected chi connectivity index (χ3v) is 6.78. The van der Waals surface area contributed by atoms with E-state index in [-0.39, 0.29) is 35.5 Å². The van der Waals surface area contributed by atoms with Gasteiger partial charge in [-0.1, -0.05) is 13.0 Å². The number of aromatic nitrogens is 2. The maximum absolute atomic E-state index is 14.5. The van der Waals surface area contributed by atoms with E-state index in [0.717, 1.165) is 42.3 Å². The highest BCUT2D eigenvalue weighted by Crippen LogP contribution is 2.39. The molecule has 200 valence electrons. The van der Waals surface area contributed by atoms with Gasteiger partial charge in [0.05, 0.1) is 30.2 Å². The molecule has 1 aliphatic rings. The standard InChI is InChI=1S/C28H29F3N4O3/c1-15-12-17(13-22(32)27(15)38-11-9-16(2)36)18-8-10-33-14-24(18)35-28(37)23-7-6-21(31)26(34-23)25-19(29)4-3-5-20(25)30/h3-8,10,14-15,17,22,27H,9,11-13,32H2,1-2H3,(H,35,37)/t15-,17+,22+,27+/m0/s1. The largest absolute Gasteiger partial charge is 0.376 e. The van der Waals surface area contributed by atoms with Crippen molar-refractivity contribution in [1.82, 2.24) is 9.97 Å². The van der Waals surface area contributed by atoms with Gasteiger partial charge in [-0.2, -0.15) is 0 Å². The highest BCUT2D eigenvalue weighted by Gasteiger charge is 2.36. The van der Waals surface area contributed by atoms with Gasteiger partial charge in [-0.25, -0.2) is 18.2 Å². The first-order valence-electron chi connectivity index (χ1n) is 12.4. The van der Waals surface area contributed by atoms with Crippen molar-refractivity contribution in [3.05, 3.63) is 77.5 Å². The number of nitrogens with one attached hydrogen (secondary N) is 1. The van der Waals surface area contributed by atoms with Gasteiger partial charge in [0.1, 0.15) is 34.6 Å². The summed E-state index contributed by atoms with van der Waals surface area (Å²) < 4.78 is 48.9. The van der Waals surface area contributed by atoms with Gasteiger partial charge in [-0.3, -0.25) is 14.6 Å². The normalized spacial score (nSPS) is 21.2. The molecule has 0 spiro atoms. The fourth-order valence-corrected chi connectivity index (χ4v) is 4.96. The van der Waals surface area contributed by atoms with Crippen molar-refractivity contribution in [2.24, 2.45) is 11.7 Å². The number of carbonyl (C=O) groups is 2. The monoisotopic (exact) mass is 526 g/mol. The number of anilines is 1. The van der Waals surface area contributed by atoms with E-state index in [1.807, 2.05) is 6.92 Å². The van der Waals surface area contributed by atoms with Crippen LogP contribution in [0.1, 0.15) is 55.1 Å². The number of pyridine rings is 2. The smallest absolute Gasteiger partial charge is 0.274 e. The first kappa shape index (κ1) is 27.4. The van der Waals surface area contributed by atoms with Crippen LogP contribution in [0.25, 0.3) is 11.3 Å². The Morgan fingerprint density at radius 3 is 2.50 bits per heavy atom. The molecular weight excluding hydrogens is 497 g/mol. The molecule has 2 heterocycles. The quantitative estimate of drug-likeness (QED) is 0.427. The van der Waals surface area contributed by atoms with Crippen LogP contribution in [0.3, 0.4) is 0 Å². The molecule has 1 saturated carbocycles. The maximum Gasteiger partial charge on any atom is 0.274 e. The van der Waals surface area contributed by atoms with Crippen molar-refractivity contribution in [3.63, 3.8) is 0 Å². The number of ether oxygens (including phenoxy) is 1. The van der Waals surface area contributed by atoms with Crippen LogP contribution >= 0.6 is 0 Å². The predicted octanol–water partition coefficient (Wildman–Crippen LogP) is 5.02. The molecule has 7 nitrogen and oxygen atoms in total. The van der Waals surface area contributed by atoms with Crippen molar-refractivity contribution in [3.8, 4) is 11.3 Å². The molecule has 10 heteroatoms. The van der Waals surface area contributed by atoms with Gasteiger partial charge in [0, 0.05) is 18.7 Å². The van der Waals surface area contributed by atoms with E-state index < -0.39 is 34.6 Å². The van der Waals surface area contributed by atoms with Crippen molar-refractivity contribution in [1.29, 1.82) is 0 Å². The van der Waals surface area contributed by atoms with Gasteiger partial charge in [-0.15, -0.1) is 0 Å². The van der Waals surface area contributed by atoms with Crippen molar-refractivity contribution < 1.29 is 27.5 Å². The number of nitrogens with zero attached hydrogens (tertiary/aromatic N) is 2. The fraction of sp³-hybridized carbons (Fsp3) is 0.357. The number of amides is 1. The Hall–Kier alpha value is -3.63. The first-order valence-corrected chi connectivity index (χ1v) is 12.4. The van der Waals surface area contributed by atoms with Crippen LogP contribution < -0.4 is 11.1 Å². The predicted molar refractivity (Wildman–Crippen MR) is 136 cm³/mol. The van der Waals surface area contributed by atoms with Crippen LogP contribution in [-0.2, 0) is 9.53 Å². The Labute approximate surface area is 218 Å². The molecule has 3 N–H and O–H groups in total. The van der Waals surface area contributed by atoms with Gasteiger partial charge in [-0.05, 0) is 67.5 Å². The minimum atomic E-state index is -0.991. The summed E-state index contributed by atoms with van der Waals surface area (Å²) in [7, 11) is 0. The number of ketones is 1. The number of rotatable bonds is 8. The summed E-state index contributed by atoms with van der Waals surface area (Å²) in [5.41, 5.74) is 6.24. The zero-order chi connectivity index (χ0) is 27.4. The van der Waals surface area contributed by atoms with Gasteiger partial charge < -0.3 is 15.8 Å². The summed E-state index contributed by atoms with van der Waals surface area (Å²) in [6.07, 6.45) is 4.59. The molecule has 4 atom stereocenters. The number of carbonyl (C=O) groups excluding carboxylic acids is 2. The van der Waals surface area contributed by atoms with E-state index in [4.69, 9.17) is 10.5 Å². The molecule has 0 saturated heterocycles. The molecule has 0 unspecified atom stereocenters. The SMILES string of the molecule is CC(=O)CCO[C@H]1[C@H](N)C[C@H](c2ccncc2NC(=O)c2ccc(F)c(-c3c(F)cccc3F)n2)C[C@@H]1C. The number of halogens is 3. The Balaban J connectivity index is 1.53. The molecule has 1 amide bonds. The van der Waals surface area contributed by atoms with Crippen molar-refractivity contribution in [2.45, 2.75) is 51.2 Å². The van der Waals surface area contributed by atoms with E-state index in [1.165, 1.54) is 13.1 Å². The third kappa shape index (κ3) is 6.08. The maximum atomic E-state index is 14.5. The minimum Gasteiger partial charge on any atom is -0.376 e. The molecule has 1 aromatic carbocycles. The second-order valence-corrected chi connectivity index (χ2v) is 9.64. The molecule has 1 fully saturated rings. The zero-order valence-corrected chi connectivity index (χ0v) is 21.1. The van der Waals surface area contributed by atoms with Crippen LogP contribution in [-0.4, -0.2) is 40.4 Å². The van der Waals surface area contributed by atoms with E-state index in [1.54, 1.807) is 12.3 Å². The lowest BCUT2D eigenvalue weighted by Gasteiger charge is -2.39. The lowest BCUT2D eigenvalue weighted by Crippen LogP contribution is -2.46. The van der Waals surface area contributed by atoms with Gasteiger partial charge in [0.25, 0.3) is 5.91 Å². The zero-order valence-electron chi connectivity index (χ0n) is 21.1.